The Balaban J connectivity index is 1.32. The molecular formula is C24H32N4O3. The minimum Gasteiger partial charge on any atom is -0.483 e. The Morgan fingerprint density at radius 1 is 0.903 bits per heavy atom. The van der Waals surface area contributed by atoms with Crippen molar-refractivity contribution in [3.8, 4) is 5.75 Å². The number of nitrogens with zero attached hydrogens (tertiary/aromatic N) is 2. The second-order valence-corrected chi connectivity index (χ2v) is 8.03. The highest BCUT2D eigenvalue weighted by molar-refractivity contribution is 5.82. The minimum absolute atomic E-state index is 0.146. The minimum atomic E-state index is -0.385. The summed E-state index contributed by atoms with van der Waals surface area (Å²) in [6, 6.07) is 14.4. The highest BCUT2D eigenvalue weighted by Crippen LogP contribution is 2.24. The number of anilines is 1. The quantitative estimate of drug-likeness (QED) is 0.668. The molecule has 0 saturated carbocycles. The van der Waals surface area contributed by atoms with Gasteiger partial charge in [-0.3, -0.25) is 25.3 Å². The fourth-order valence-corrected chi connectivity index (χ4v) is 3.90. The number of ether oxygens (including phenoxy) is 1. The summed E-state index contributed by atoms with van der Waals surface area (Å²) in [6.07, 6.45) is 0.336. The maximum absolute atomic E-state index is 12.1. The van der Waals surface area contributed by atoms with Crippen molar-refractivity contribution in [2.45, 2.75) is 27.2 Å². The van der Waals surface area contributed by atoms with Crippen molar-refractivity contribution in [2.24, 2.45) is 0 Å². The lowest BCUT2D eigenvalue weighted by Gasteiger charge is -2.36. The van der Waals surface area contributed by atoms with Crippen LogP contribution < -0.4 is 20.5 Å². The van der Waals surface area contributed by atoms with Gasteiger partial charge in [0, 0.05) is 44.8 Å². The molecule has 3 rings (SSSR count). The molecule has 0 aliphatic carbocycles. The third-order valence-electron chi connectivity index (χ3n) is 5.44. The maximum Gasteiger partial charge on any atom is 0.276 e. The Kier molecular flexibility index (Phi) is 7.89. The van der Waals surface area contributed by atoms with Crippen LogP contribution in [0.4, 0.5) is 5.69 Å². The largest absolute Gasteiger partial charge is 0.483 e. The summed E-state index contributed by atoms with van der Waals surface area (Å²) in [5.41, 5.74) is 9.27. The van der Waals surface area contributed by atoms with E-state index in [1.54, 1.807) is 0 Å². The summed E-state index contributed by atoms with van der Waals surface area (Å²) in [5.74, 6) is 0.118. The zero-order valence-corrected chi connectivity index (χ0v) is 18.6. The molecule has 0 aromatic heterocycles. The van der Waals surface area contributed by atoms with Gasteiger partial charge < -0.3 is 9.64 Å². The van der Waals surface area contributed by atoms with E-state index in [9.17, 15) is 9.59 Å². The monoisotopic (exact) mass is 424 g/mol. The highest BCUT2D eigenvalue weighted by atomic mass is 16.5. The van der Waals surface area contributed by atoms with Crippen molar-refractivity contribution in [3.63, 3.8) is 0 Å². The first-order chi connectivity index (χ1) is 14.9. The van der Waals surface area contributed by atoms with Crippen molar-refractivity contribution < 1.29 is 14.3 Å². The fourth-order valence-electron chi connectivity index (χ4n) is 3.90. The van der Waals surface area contributed by atoms with E-state index in [1.807, 2.05) is 39.0 Å². The predicted octanol–water partition coefficient (Wildman–Crippen LogP) is 2.35. The van der Waals surface area contributed by atoms with Crippen LogP contribution in [0.5, 0.6) is 5.75 Å². The van der Waals surface area contributed by atoms with Gasteiger partial charge in [0.25, 0.3) is 5.91 Å². The molecule has 31 heavy (non-hydrogen) atoms. The van der Waals surface area contributed by atoms with Crippen molar-refractivity contribution in [3.05, 3.63) is 59.2 Å². The first-order valence-corrected chi connectivity index (χ1v) is 10.7. The van der Waals surface area contributed by atoms with Crippen LogP contribution in [0.15, 0.2) is 42.5 Å². The Bertz CT molecular complexity index is 870. The van der Waals surface area contributed by atoms with Crippen LogP contribution in [0.2, 0.25) is 0 Å². The van der Waals surface area contributed by atoms with Crippen LogP contribution in [0.3, 0.4) is 0 Å². The number of aryl methyl sites for hydroxylation is 3. The van der Waals surface area contributed by atoms with Crippen LogP contribution in [0.1, 0.15) is 23.1 Å². The van der Waals surface area contributed by atoms with Gasteiger partial charge in [-0.2, -0.15) is 0 Å². The van der Waals surface area contributed by atoms with Gasteiger partial charge in [-0.15, -0.1) is 0 Å². The van der Waals surface area contributed by atoms with Gasteiger partial charge in [-0.25, -0.2) is 0 Å². The smallest absolute Gasteiger partial charge is 0.276 e. The molecule has 1 saturated heterocycles. The molecule has 2 aromatic rings. The van der Waals surface area contributed by atoms with Crippen molar-refractivity contribution in [1.29, 1.82) is 0 Å². The van der Waals surface area contributed by atoms with Gasteiger partial charge in [0.1, 0.15) is 5.75 Å². The number of benzene rings is 2. The van der Waals surface area contributed by atoms with E-state index in [0.29, 0.717) is 18.7 Å². The molecule has 7 nitrogen and oxygen atoms in total. The molecule has 1 heterocycles. The van der Waals surface area contributed by atoms with Crippen LogP contribution in [-0.4, -0.2) is 56.0 Å². The van der Waals surface area contributed by atoms with Gasteiger partial charge in [0.15, 0.2) is 6.61 Å². The number of hydrogen-bond acceptors (Lipinski definition) is 5. The number of amides is 2. The molecule has 2 N–H and O–H groups in total. The van der Waals surface area contributed by atoms with E-state index < -0.39 is 0 Å². The molecule has 0 radical (unpaired) electrons. The van der Waals surface area contributed by atoms with Crippen molar-refractivity contribution in [2.75, 3.05) is 44.2 Å². The number of para-hydroxylation sites is 1. The van der Waals surface area contributed by atoms with Gasteiger partial charge in [0.05, 0.1) is 0 Å². The average Bonchev–Trinajstić information content (AvgIpc) is 2.76. The Labute approximate surface area is 184 Å². The highest BCUT2D eigenvalue weighted by Gasteiger charge is 2.18. The lowest BCUT2D eigenvalue weighted by molar-refractivity contribution is -0.130. The molecular weight excluding hydrogens is 392 g/mol. The normalized spacial score (nSPS) is 14.2. The number of nitrogens with one attached hydrogen (secondary N) is 2. The molecule has 2 aromatic carbocycles. The zero-order chi connectivity index (χ0) is 22.2. The topological polar surface area (TPSA) is 73.9 Å². The molecule has 7 heteroatoms. The van der Waals surface area contributed by atoms with Crippen LogP contribution in [-0.2, 0) is 9.59 Å². The molecule has 1 aliphatic rings. The number of piperazine rings is 1. The molecule has 166 valence electrons. The number of hydrogen-bond donors (Lipinski definition) is 2. The van der Waals surface area contributed by atoms with Crippen LogP contribution in [0.25, 0.3) is 0 Å². The summed E-state index contributed by atoms with van der Waals surface area (Å²) in [4.78, 5) is 28.7. The number of hydrazine groups is 1. The maximum atomic E-state index is 12.1. The average molecular weight is 425 g/mol. The Morgan fingerprint density at radius 3 is 2.16 bits per heavy atom. The van der Waals surface area contributed by atoms with Crippen LogP contribution >= 0.6 is 0 Å². The van der Waals surface area contributed by atoms with Crippen LogP contribution in [0, 0.1) is 20.8 Å². The summed E-state index contributed by atoms with van der Waals surface area (Å²) < 4.78 is 5.64. The Hall–Kier alpha value is -3.06. The number of carbonyl (C=O) groups excluding carboxylic acids is 2. The second kappa shape index (κ2) is 10.8. The zero-order valence-electron chi connectivity index (χ0n) is 18.6. The van der Waals surface area contributed by atoms with E-state index in [0.717, 1.165) is 42.9 Å². The summed E-state index contributed by atoms with van der Waals surface area (Å²) >= 11 is 0. The van der Waals surface area contributed by atoms with E-state index in [1.165, 1.54) is 5.69 Å². The second-order valence-electron chi connectivity index (χ2n) is 8.03. The molecule has 0 atom stereocenters. The van der Waals surface area contributed by atoms with E-state index in [-0.39, 0.29) is 18.4 Å². The fraction of sp³-hybridized carbons (Fsp3) is 0.417. The first-order valence-electron chi connectivity index (χ1n) is 10.7. The summed E-state index contributed by atoms with van der Waals surface area (Å²) in [5, 5.41) is 0. The molecule has 0 bridgehead atoms. The van der Waals surface area contributed by atoms with Crippen molar-refractivity contribution in [1.82, 2.24) is 15.8 Å². The van der Waals surface area contributed by atoms with Crippen molar-refractivity contribution >= 4 is 17.5 Å². The third-order valence-corrected chi connectivity index (χ3v) is 5.44. The molecule has 2 amide bonds. The van der Waals surface area contributed by atoms with Gasteiger partial charge >= 0.3 is 0 Å². The SMILES string of the molecule is Cc1cc(C)c(OCC(=O)NNC(=O)CCN2CCN(c3ccccc3)CC2)c(C)c1. The predicted molar refractivity (Wildman–Crippen MR) is 122 cm³/mol. The lowest BCUT2D eigenvalue weighted by Crippen LogP contribution is -2.48. The Morgan fingerprint density at radius 2 is 1.52 bits per heavy atom. The van der Waals surface area contributed by atoms with E-state index in [4.69, 9.17) is 4.74 Å². The summed E-state index contributed by atoms with van der Waals surface area (Å²) in [6.45, 7) is 10.2. The standard InChI is InChI=1S/C24H32N4O3/c1-18-15-19(2)24(20(3)16-18)31-17-23(30)26-25-22(29)9-10-27-11-13-28(14-12-27)21-7-5-4-6-8-21/h4-8,15-16H,9-14,17H2,1-3H3,(H,25,29)(H,26,30). The first kappa shape index (κ1) is 22.6. The van der Waals surface area contributed by atoms with Gasteiger partial charge in [-0.1, -0.05) is 35.9 Å². The van der Waals surface area contributed by atoms with Gasteiger partial charge in [-0.05, 0) is 44.0 Å². The third kappa shape index (κ3) is 6.72. The molecule has 0 unspecified atom stereocenters. The summed E-state index contributed by atoms with van der Waals surface area (Å²) in [7, 11) is 0. The molecule has 1 aliphatic heterocycles. The van der Waals surface area contributed by atoms with Gasteiger partial charge in [0.2, 0.25) is 5.91 Å². The van der Waals surface area contributed by atoms with E-state index >= 15 is 0 Å². The number of carbonyl (C=O) groups is 2. The molecule has 0 spiro atoms. The molecule has 1 fully saturated rings. The lowest BCUT2D eigenvalue weighted by atomic mass is 10.1. The van der Waals surface area contributed by atoms with E-state index in [2.05, 4.69) is 44.9 Å². The number of rotatable bonds is 7.